The third-order valence-corrected chi connectivity index (χ3v) is 4.26. The van der Waals surface area contributed by atoms with Gasteiger partial charge in [0.1, 0.15) is 0 Å². The number of nitrogens with one attached hydrogen (secondary N) is 1. The van der Waals surface area contributed by atoms with Crippen LogP contribution in [0.25, 0.3) is 0 Å². The third-order valence-electron chi connectivity index (χ3n) is 4.26. The van der Waals surface area contributed by atoms with Gasteiger partial charge in [0.2, 0.25) is 0 Å². The number of likely N-dealkylation sites (tertiary alicyclic amines) is 1. The number of amides is 2. The molecule has 1 fully saturated rings. The lowest BCUT2D eigenvalue weighted by Gasteiger charge is -2.32. The van der Waals surface area contributed by atoms with E-state index in [0.717, 1.165) is 25.8 Å². The predicted molar refractivity (Wildman–Crippen MR) is 89.0 cm³/mol. The third kappa shape index (κ3) is 4.73. The molecule has 4 nitrogen and oxygen atoms in total. The van der Waals surface area contributed by atoms with E-state index in [1.165, 1.54) is 16.7 Å². The number of aliphatic hydroxyl groups is 1. The number of aliphatic hydroxyl groups excluding tert-OH is 1. The van der Waals surface area contributed by atoms with Gasteiger partial charge in [0.25, 0.3) is 0 Å². The normalized spacial score (nSPS) is 19.8. The molecule has 0 radical (unpaired) electrons. The van der Waals surface area contributed by atoms with E-state index in [9.17, 15) is 9.90 Å². The molecule has 2 unspecified atom stereocenters. The van der Waals surface area contributed by atoms with E-state index in [2.05, 4.69) is 37.4 Å². The van der Waals surface area contributed by atoms with Crippen molar-refractivity contribution < 1.29 is 9.90 Å². The van der Waals surface area contributed by atoms with Crippen LogP contribution in [-0.4, -0.2) is 41.8 Å². The lowest BCUT2D eigenvalue weighted by Crippen LogP contribution is -2.49. The molecule has 22 heavy (non-hydrogen) atoms. The van der Waals surface area contributed by atoms with Crippen molar-refractivity contribution in [1.29, 1.82) is 0 Å². The molecule has 2 amide bonds. The SMILES string of the molecule is Cc1cc(C)cc(CC(C)NC(=O)N2CCCC(CO)C2)c1. The molecule has 4 heteroatoms. The minimum Gasteiger partial charge on any atom is -0.396 e. The highest BCUT2D eigenvalue weighted by Gasteiger charge is 2.23. The lowest BCUT2D eigenvalue weighted by molar-refractivity contribution is 0.128. The number of urea groups is 1. The summed E-state index contributed by atoms with van der Waals surface area (Å²) in [6.45, 7) is 7.87. The van der Waals surface area contributed by atoms with Crippen molar-refractivity contribution in [2.45, 2.75) is 46.1 Å². The van der Waals surface area contributed by atoms with Gasteiger partial charge in [-0.15, -0.1) is 0 Å². The molecule has 1 aromatic rings. The molecule has 1 saturated heterocycles. The van der Waals surface area contributed by atoms with Gasteiger partial charge < -0.3 is 15.3 Å². The first kappa shape index (κ1) is 16.8. The largest absolute Gasteiger partial charge is 0.396 e. The minimum absolute atomic E-state index is 0.00461. The van der Waals surface area contributed by atoms with Crippen LogP contribution in [0.15, 0.2) is 18.2 Å². The zero-order valence-corrected chi connectivity index (χ0v) is 13.9. The fraction of sp³-hybridized carbons (Fsp3) is 0.611. The van der Waals surface area contributed by atoms with Gasteiger partial charge in [0.05, 0.1) is 0 Å². The highest BCUT2D eigenvalue weighted by molar-refractivity contribution is 5.74. The zero-order chi connectivity index (χ0) is 16.1. The van der Waals surface area contributed by atoms with Crippen LogP contribution in [0.2, 0.25) is 0 Å². The van der Waals surface area contributed by atoms with Gasteiger partial charge in [-0.1, -0.05) is 29.3 Å². The molecule has 0 saturated carbocycles. The first-order chi connectivity index (χ1) is 10.5. The van der Waals surface area contributed by atoms with Crippen LogP contribution in [0, 0.1) is 19.8 Å². The number of piperidine rings is 1. The van der Waals surface area contributed by atoms with E-state index in [-0.39, 0.29) is 24.6 Å². The maximum Gasteiger partial charge on any atom is 0.317 e. The summed E-state index contributed by atoms with van der Waals surface area (Å²) in [5.74, 6) is 0.231. The van der Waals surface area contributed by atoms with Crippen molar-refractivity contribution in [3.63, 3.8) is 0 Å². The molecule has 0 spiro atoms. The Labute approximate surface area is 133 Å². The monoisotopic (exact) mass is 304 g/mol. The molecule has 0 aliphatic carbocycles. The Morgan fingerprint density at radius 2 is 2.05 bits per heavy atom. The number of carbonyl (C=O) groups is 1. The summed E-state index contributed by atoms with van der Waals surface area (Å²) >= 11 is 0. The Balaban J connectivity index is 1.88. The molecule has 0 aromatic heterocycles. The summed E-state index contributed by atoms with van der Waals surface area (Å²) in [6.07, 6.45) is 2.83. The molecule has 1 aliphatic heterocycles. The van der Waals surface area contributed by atoms with Gasteiger partial charge in [0, 0.05) is 25.7 Å². The first-order valence-corrected chi connectivity index (χ1v) is 8.21. The van der Waals surface area contributed by atoms with Crippen LogP contribution in [0.1, 0.15) is 36.5 Å². The Bertz CT molecular complexity index is 496. The number of rotatable bonds is 4. The quantitative estimate of drug-likeness (QED) is 0.898. The Hall–Kier alpha value is -1.55. The van der Waals surface area contributed by atoms with Gasteiger partial charge in [-0.05, 0) is 51.5 Å². The van der Waals surface area contributed by atoms with Crippen molar-refractivity contribution in [3.8, 4) is 0 Å². The van der Waals surface area contributed by atoms with E-state index in [1.807, 2.05) is 11.8 Å². The summed E-state index contributed by atoms with van der Waals surface area (Å²) in [4.78, 5) is 14.2. The van der Waals surface area contributed by atoms with Crippen LogP contribution >= 0.6 is 0 Å². The molecular weight excluding hydrogens is 276 g/mol. The average molecular weight is 304 g/mol. The van der Waals surface area contributed by atoms with E-state index < -0.39 is 0 Å². The number of aryl methyl sites for hydroxylation is 2. The van der Waals surface area contributed by atoms with Crippen molar-refractivity contribution in [2.75, 3.05) is 19.7 Å². The molecule has 2 atom stereocenters. The summed E-state index contributed by atoms with van der Waals surface area (Å²) in [7, 11) is 0. The van der Waals surface area contributed by atoms with Crippen molar-refractivity contribution in [2.24, 2.45) is 5.92 Å². The molecule has 1 heterocycles. The summed E-state index contributed by atoms with van der Waals surface area (Å²) in [5, 5.41) is 12.3. The minimum atomic E-state index is -0.00461. The average Bonchev–Trinajstić information content (AvgIpc) is 2.46. The first-order valence-electron chi connectivity index (χ1n) is 8.21. The number of hydrogen-bond donors (Lipinski definition) is 2. The maximum absolute atomic E-state index is 12.3. The second-order valence-corrected chi connectivity index (χ2v) is 6.69. The number of benzene rings is 1. The van der Waals surface area contributed by atoms with Crippen LogP contribution in [0.3, 0.4) is 0 Å². The van der Waals surface area contributed by atoms with Crippen molar-refractivity contribution >= 4 is 6.03 Å². The van der Waals surface area contributed by atoms with Gasteiger partial charge in [-0.2, -0.15) is 0 Å². The number of nitrogens with zero attached hydrogens (tertiary/aromatic N) is 1. The topological polar surface area (TPSA) is 52.6 Å². The lowest BCUT2D eigenvalue weighted by atomic mass is 9.99. The summed E-state index contributed by atoms with van der Waals surface area (Å²) in [5.41, 5.74) is 3.78. The molecule has 0 bridgehead atoms. The Morgan fingerprint density at radius 1 is 1.36 bits per heavy atom. The molecular formula is C18H28N2O2. The van der Waals surface area contributed by atoms with E-state index >= 15 is 0 Å². The molecule has 1 aliphatic rings. The highest BCUT2D eigenvalue weighted by atomic mass is 16.3. The summed E-state index contributed by atoms with van der Waals surface area (Å²) in [6, 6.07) is 6.62. The molecule has 1 aromatic carbocycles. The number of carbonyl (C=O) groups excluding carboxylic acids is 1. The van der Waals surface area contributed by atoms with Crippen LogP contribution in [-0.2, 0) is 6.42 Å². The van der Waals surface area contributed by atoms with Gasteiger partial charge in [-0.3, -0.25) is 0 Å². The van der Waals surface area contributed by atoms with Crippen molar-refractivity contribution in [3.05, 3.63) is 34.9 Å². The van der Waals surface area contributed by atoms with Crippen molar-refractivity contribution in [1.82, 2.24) is 10.2 Å². The smallest absolute Gasteiger partial charge is 0.317 e. The van der Waals surface area contributed by atoms with Crippen LogP contribution < -0.4 is 5.32 Å². The van der Waals surface area contributed by atoms with Gasteiger partial charge in [0.15, 0.2) is 0 Å². The molecule has 2 N–H and O–H groups in total. The number of hydrogen-bond acceptors (Lipinski definition) is 2. The standard InChI is InChI=1S/C18H28N2O2/c1-13-7-14(2)9-17(8-13)10-15(3)19-18(22)20-6-4-5-16(11-20)12-21/h7-9,15-16,21H,4-6,10-12H2,1-3H3,(H,19,22). The Kier molecular flexibility index (Phi) is 5.83. The predicted octanol–water partition coefficient (Wildman–Crippen LogP) is 2.65. The fourth-order valence-electron chi connectivity index (χ4n) is 3.29. The molecule has 122 valence electrons. The second-order valence-electron chi connectivity index (χ2n) is 6.69. The van der Waals surface area contributed by atoms with Crippen LogP contribution in [0.5, 0.6) is 0 Å². The second kappa shape index (κ2) is 7.63. The van der Waals surface area contributed by atoms with Gasteiger partial charge >= 0.3 is 6.03 Å². The molecule has 2 rings (SSSR count). The highest BCUT2D eigenvalue weighted by Crippen LogP contribution is 2.16. The van der Waals surface area contributed by atoms with E-state index in [0.29, 0.717) is 6.54 Å². The fourth-order valence-corrected chi connectivity index (χ4v) is 3.29. The van der Waals surface area contributed by atoms with Gasteiger partial charge in [-0.25, -0.2) is 4.79 Å². The Morgan fingerprint density at radius 3 is 2.68 bits per heavy atom. The van der Waals surface area contributed by atoms with E-state index in [1.54, 1.807) is 0 Å². The maximum atomic E-state index is 12.3. The van der Waals surface area contributed by atoms with Crippen LogP contribution in [0.4, 0.5) is 4.79 Å². The van der Waals surface area contributed by atoms with E-state index in [4.69, 9.17) is 0 Å². The summed E-state index contributed by atoms with van der Waals surface area (Å²) < 4.78 is 0. The zero-order valence-electron chi connectivity index (χ0n) is 13.9.